The lowest BCUT2D eigenvalue weighted by Crippen LogP contribution is -2.28. The molecule has 0 unspecified atom stereocenters. The molecule has 2 rings (SSSR count). The Morgan fingerprint density at radius 1 is 1.09 bits per heavy atom. The van der Waals surface area contributed by atoms with Crippen molar-refractivity contribution in [3.8, 4) is 0 Å². The number of nitrogen functional groups attached to an aromatic ring is 1. The molecule has 0 aliphatic rings. The van der Waals surface area contributed by atoms with Crippen LogP contribution in [-0.4, -0.2) is 18.5 Å². The molecule has 0 fully saturated rings. The number of amides is 1. The highest BCUT2D eigenvalue weighted by Crippen LogP contribution is 2.19. The van der Waals surface area contributed by atoms with Crippen LogP contribution in [0.4, 0.5) is 5.69 Å². The second-order valence-corrected chi connectivity index (χ2v) is 5.56. The monoisotopic (exact) mass is 352 g/mol. The first-order valence-electron chi connectivity index (χ1n) is 6.69. The molecular formula is C16H14Cl2N2O3. The van der Waals surface area contributed by atoms with Crippen LogP contribution >= 0.6 is 23.2 Å². The van der Waals surface area contributed by atoms with E-state index < -0.39 is 11.9 Å². The number of anilines is 1. The molecule has 120 valence electrons. The minimum atomic E-state index is -0.644. The zero-order chi connectivity index (χ0) is 16.8. The number of ether oxygens (including phenoxy) is 1. The van der Waals surface area contributed by atoms with Gasteiger partial charge in [0.2, 0.25) is 0 Å². The van der Waals surface area contributed by atoms with Crippen LogP contribution in [0.1, 0.15) is 15.9 Å². The van der Waals surface area contributed by atoms with E-state index in [0.717, 1.165) is 5.56 Å². The van der Waals surface area contributed by atoms with E-state index in [2.05, 4.69) is 5.32 Å². The van der Waals surface area contributed by atoms with Gasteiger partial charge in [-0.1, -0.05) is 35.3 Å². The molecule has 0 bridgehead atoms. The molecule has 0 spiro atoms. The van der Waals surface area contributed by atoms with Crippen molar-refractivity contribution in [1.29, 1.82) is 0 Å². The van der Waals surface area contributed by atoms with Gasteiger partial charge in [0.05, 0.1) is 16.3 Å². The summed E-state index contributed by atoms with van der Waals surface area (Å²) in [5, 5.41) is 3.61. The highest BCUT2D eigenvalue weighted by atomic mass is 35.5. The number of rotatable bonds is 5. The zero-order valence-electron chi connectivity index (χ0n) is 12.0. The van der Waals surface area contributed by atoms with E-state index in [1.54, 1.807) is 24.3 Å². The van der Waals surface area contributed by atoms with Gasteiger partial charge in [0.25, 0.3) is 5.91 Å². The van der Waals surface area contributed by atoms with Crippen LogP contribution in [0.5, 0.6) is 0 Å². The number of nitrogens with two attached hydrogens (primary N) is 1. The molecule has 0 aliphatic carbocycles. The van der Waals surface area contributed by atoms with Gasteiger partial charge < -0.3 is 15.8 Å². The molecule has 23 heavy (non-hydrogen) atoms. The molecule has 5 nitrogen and oxygen atoms in total. The van der Waals surface area contributed by atoms with Crippen molar-refractivity contribution in [2.24, 2.45) is 0 Å². The highest BCUT2D eigenvalue weighted by molar-refractivity contribution is 6.33. The van der Waals surface area contributed by atoms with Crippen molar-refractivity contribution in [2.45, 2.75) is 6.54 Å². The van der Waals surface area contributed by atoms with Crippen molar-refractivity contribution in [1.82, 2.24) is 5.32 Å². The van der Waals surface area contributed by atoms with E-state index in [9.17, 15) is 9.59 Å². The van der Waals surface area contributed by atoms with Crippen LogP contribution in [0.2, 0.25) is 10.0 Å². The number of halogens is 2. The van der Waals surface area contributed by atoms with E-state index in [4.69, 9.17) is 33.7 Å². The number of esters is 1. The van der Waals surface area contributed by atoms with Gasteiger partial charge >= 0.3 is 5.97 Å². The lowest BCUT2D eigenvalue weighted by molar-refractivity contribution is -0.124. The molecule has 1 amide bonds. The van der Waals surface area contributed by atoms with E-state index in [-0.39, 0.29) is 17.9 Å². The number of benzene rings is 2. The lowest BCUT2D eigenvalue weighted by atomic mass is 10.2. The normalized spacial score (nSPS) is 10.2. The highest BCUT2D eigenvalue weighted by Gasteiger charge is 2.11. The Balaban J connectivity index is 1.80. The third-order valence-electron chi connectivity index (χ3n) is 2.97. The Labute approximate surface area is 143 Å². The molecule has 7 heteroatoms. The summed E-state index contributed by atoms with van der Waals surface area (Å²) >= 11 is 11.5. The fourth-order valence-electron chi connectivity index (χ4n) is 1.74. The van der Waals surface area contributed by atoms with Gasteiger partial charge in [-0.2, -0.15) is 0 Å². The molecule has 0 aromatic heterocycles. The lowest BCUT2D eigenvalue weighted by Gasteiger charge is -2.07. The number of hydrogen-bond donors (Lipinski definition) is 2. The predicted octanol–water partition coefficient (Wildman–Crippen LogP) is 3.05. The fraction of sp³-hybridized carbons (Fsp3) is 0.125. The van der Waals surface area contributed by atoms with Crippen LogP contribution in [-0.2, 0) is 16.1 Å². The molecule has 2 aromatic rings. The Hall–Kier alpha value is -2.24. The second-order valence-electron chi connectivity index (χ2n) is 4.72. The molecule has 0 atom stereocenters. The Morgan fingerprint density at radius 3 is 2.43 bits per heavy atom. The predicted molar refractivity (Wildman–Crippen MR) is 89.4 cm³/mol. The second kappa shape index (κ2) is 7.85. The van der Waals surface area contributed by atoms with Crippen molar-refractivity contribution in [3.05, 3.63) is 63.6 Å². The topological polar surface area (TPSA) is 81.4 Å². The van der Waals surface area contributed by atoms with Gasteiger partial charge in [0.1, 0.15) is 0 Å². The quantitative estimate of drug-likeness (QED) is 0.640. The number of nitrogens with one attached hydrogen (secondary N) is 1. The van der Waals surface area contributed by atoms with Crippen molar-refractivity contribution >= 4 is 40.8 Å². The molecule has 0 radical (unpaired) electrons. The first-order chi connectivity index (χ1) is 11.0. The maximum atomic E-state index is 11.8. The summed E-state index contributed by atoms with van der Waals surface area (Å²) in [5.41, 5.74) is 7.00. The van der Waals surface area contributed by atoms with Crippen LogP contribution in [0.25, 0.3) is 0 Å². The number of hydrogen-bond acceptors (Lipinski definition) is 4. The summed E-state index contributed by atoms with van der Waals surface area (Å²) in [6, 6.07) is 11.4. The summed E-state index contributed by atoms with van der Waals surface area (Å²) < 4.78 is 4.92. The molecule has 0 saturated heterocycles. The molecule has 3 N–H and O–H groups in total. The van der Waals surface area contributed by atoms with Gasteiger partial charge in [-0.05, 0) is 35.9 Å². The van der Waals surface area contributed by atoms with Gasteiger partial charge in [-0.25, -0.2) is 4.79 Å². The van der Waals surface area contributed by atoms with Crippen LogP contribution in [0.15, 0.2) is 42.5 Å². The summed E-state index contributed by atoms with van der Waals surface area (Å²) in [5.74, 6) is -1.05. The maximum absolute atomic E-state index is 11.8. The maximum Gasteiger partial charge on any atom is 0.338 e. The van der Waals surface area contributed by atoms with Gasteiger partial charge in [0, 0.05) is 11.6 Å². The number of carbonyl (C=O) groups is 2. The molecule has 0 saturated carbocycles. The third-order valence-corrected chi connectivity index (χ3v) is 3.57. The van der Waals surface area contributed by atoms with Crippen LogP contribution in [0.3, 0.4) is 0 Å². The number of carbonyl (C=O) groups excluding carboxylic acids is 2. The summed E-state index contributed by atoms with van der Waals surface area (Å²) in [6.45, 7) is -0.0591. The largest absolute Gasteiger partial charge is 0.452 e. The minimum absolute atomic E-state index is 0.234. The minimum Gasteiger partial charge on any atom is -0.452 e. The zero-order valence-corrected chi connectivity index (χ0v) is 13.5. The summed E-state index contributed by atoms with van der Waals surface area (Å²) in [7, 11) is 0. The average Bonchev–Trinajstić information content (AvgIpc) is 2.54. The van der Waals surface area contributed by atoms with E-state index in [0.29, 0.717) is 16.6 Å². The summed E-state index contributed by atoms with van der Waals surface area (Å²) in [6.07, 6.45) is 0. The van der Waals surface area contributed by atoms with Crippen molar-refractivity contribution in [3.63, 3.8) is 0 Å². The standard InChI is InChI=1S/C16H14Cl2N2O3/c17-12-4-1-10(2-5-12)8-20-15(21)9-23-16(22)11-3-6-13(18)14(19)7-11/h1-7H,8-9,19H2,(H,20,21). The van der Waals surface area contributed by atoms with Crippen LogP contribution in [0, 0.1) is 0 Å². The van der Waals surface area contributed by atoms with Gasteiger partial charge in [0.15, 0.2) is 6.61 Å². The van der Waals surface area contributed by atoms with Crippen molar-refractivity contribution < 1.29 is 14.3 Å². The molecule has 0 aliphatic heterocycles. The van der Waals surface area contributed by atoms with E-state index in [1.165, 1.54) is 18.2 Å². The molecular weight excluding hydrogens is 339 g/mol. The van der Waals surface area contributed by atoms with Gasteiger partial charge in [-0.15, -0.1) is 0 Å². The van der Waals surface area contributed by atoms with E-state index >= 15 is 0 Å². The molecule has 2 aromatic carbocycles. The Morgan fingerprint density at radius 2 is 1.78 bits per heavy atom. The van der Waals surface area contributed by atoms with Crippen LogP contribution < -0.4 is 11.1 Å². The third kappa shape index (κ3) is 5.16. The smallest absolute Gasteiger partial charge is 0.338 e. The molecule has 0 heterocycles. The fourth-order valence-corrected chi connectivity index (χ4v) is 1.98. The van der Waals surface area contributed by atoms with E-state index in [1.807, 2.05) is 0 Å². The first-order valence-corrected chi connectivity index (χ1v) is 7.44. The Kier molecular flexibility index (Phi) is 5.84. The van der Waals surface area contributed by atoms with Gasteiger partial charge in [-0.3, -0.25) is 4.79 Å². The first kappa shape index (κ1) is 17.1. The average molecular weight is 353 g/mol. The SMILES string of the molecule is Nc1cc(C(=O)OCC(=O)NCc2ccc(Cl)cc2)ccc1Cl. The summed E-state index contributed by atoms with van der Waals surface area (Å²) in [4.78, 5) is 23.5. The van der Waals surface area contributed by atoms with Crippen molar-refractivity contribution in [2.75, 3.05) is 12.3 Å². The Bertz CT molecular complexity index is 718.